The van der Waals surface area contributed by atoms with Crippen molar-refractivity contribution in [1.82, 2.24) is 0 Å². The lowest BCUT2D eigenvalue weighted by Crippen LogP contribution is -2.15. The van der Waals surface area contributed by atoms with Gasteiger partial charge in [-0.1, -0.05) is 24.3 Å². The van der Waals surface area contributed by atoms with E-state index < -0.39 is 0 Å². The molecule has 0 spiro atoms. The van der Waals surface area contributed by atoms with E-state index in [4.69, 9.17) is 15.2 Å². The van der Waals surface area contributed by atoms with Gasteiger partial charge in [0.2, 0.25) is 0 Å². The van der Waals surface area contributed by atoms with Crippen LogP contribution in [-0.2, 0) is 6.42 Å². The molecule has 0 fully saturated rings. The second-order valence-corrected chi connectivity index (χ2v) is 6.63. The van der Waals surface area contributed by atoms with Crippen LogP contribution in [0.15, 0.2) is 36.4 Å². The fourth-order valence-corrected chi connectivity index (χ4v) is 2.83. The van der Waals surface area contributed by atoms with E-state index in [2.05, 4.69) is 44.2 Å². The van der Waals surface area contributed by atoms with E-state index in [1.807, 2.05) is 19.9 Å². The van der Waals surface area contributed by atoms with Crippen molar-refractivity contribution in [2.45, 2.75) is 46.1 Å². The van der Waals surface area contributed by atoms with Gasteiger partial charge in [0, 0.05) is 5.92 Å². The van der Waals surface area contributed by atoms with Gasteiger partial charge in [-0.3, -0.25) is 0 Å². The van der Waals surface area contributed by atoms with Gasteiger partial charge < -0.3 is 15.2 Å². The summed E-state index contributed by atoms with van der Waals surface area (Å²) in [7, 11) is 1.67. The molecule has 130 valence electrons. The summed E-state index contributed by atoms with van der Waals surface area (Å²) in [4.78, 5) is 0. The molecule has 0 aliphatic heterocycles. The van der Waals surface area contributed by atoms with Crippen LogP contribution in [-0.4, -0.2) is 19.8 Å². The van der Waals surface area contributed by atoms with Crippen molar-refractivity contribution in [2.24, 2.45) is 5.73 Å². The number of benzene rings is 2. The fraction of sp³-hybridized carbons (Fsp3) is 0.429. The Balaban J connectivity index is 2.25. The van der Waals surface area contributed by atoms with Crippen LogP contribution in [0.5, 0.6) is 11.5 Å². The van der Waals surface area contributed by atoms with Crippen molar-refractivity contribution in [1.29, 1.82) is 0 Å². The van der Waals surface area contributed by atoms with Crippen molar-refractivity contribution >= 4 is 0 Å². The van der Waals surface area contributed by atoms with E-state index in [0.29, 0.717) is 12.5 Å². The highest BCUT2D eigenvalue weighted by molar-refractivity contribution is 5.44. The molecule has 0 aliphatic rings. The average Bonchev–Trinajstić information content (AvgIpc) is 2.55. The third-order valence-electron chi connectivity index (χ3n) is 4.36. The number of hydrogen-bond donors (Lipinski definition) is 1. The molecule has 2 rings (SSSR count). The lowest BCUT2D eigenvalue weighted by molar-refractivity contribution is 0.230. The highest BCUT2D eigenvalue weighted by Crippen LogP contribution is 2.31. The summed E-state index contributed by atoms with van der Waals surface area (Å²) in [6, 6.07) is 12.8. The first-order valence-corrected chi connectivity index (χ1v) is 8.55. The smallest absolute Gasteiger partial charge is 0.161 e. The van der Waals surface area contributed by atoms with E-state index in [0.717, 1.165) is 17.9 Å². The molecule has 0 saturated heterocycles. The number of nitrogens with two attached hydrogens (primary N) is 1. The Morgan fingerprint density at radius 2 is 1.71 bits per heavy atom. The van der Waals surface area contributed by atoms with Crippen LogP contribution in [0.3, 0.4) is 0 Å². The molecule has 1 atom stereocenters. The first-order chi connectivity index (χ1) is 11.4. The van der Waals surface area contributed by atoms with Crippen LogP contribution >= 0.6 is 0 Å². The third kappa shape index (κ3) is 4.51. The van der Waals surface area contributed by atoms with E-state index >= 15 is 0 Å². The van der Waals surface area contributed by atoms with Gasteiger partial charge in [-0.05, 0) is 75.0 Å². The van der Waals surface area contributed by atoms with E-state index in [9.17, 15) is 0 Å². The monoisotopic (exact) mass is 327 g/mol. The zero-order chi connectivity index (χ0) is 17.7. The second-order valence-electron chi connectivity index (χ2n) is 6.63. The largest absolute Gasteiger partial charge is 0.493 e. The summed E-state index contributed by atoms with van der Waals surface area (Å²) in [6.07, 6.45) is 0.997. The van der Waals surface area contributed by atoms with Crippen molar-refractivity contribution < 1.29 is 9.47 Å². The second kappa shape index (κ2) is 8.20. The Labute approximate surface area is 145 Å². The SMILES string of the molecule is COc1ccc(CC(CN)c2ccc(C)c(C)c2)cc1OC(C)C. The summed E-state index contributed by atoms with van der Waals surface area (Å²) < 4.78 is 11.3. The van der Waals surface area contributed by atoms with Crippen LogP contribution in [0.1, 0.15) is 42.0 Å². The number of methoxy groups -OCH3 is 1. The Hall–Kier alpha value is -2.00. The molecule has 2 N–H and O–H groups in total. The van der Waals surface area contributed by atoms with Crippen LogP contribution in [0, 0.1) is 13.8 Å². The van der Waals surface area contributed by atoms with Gasteiger partial charge in [0.15, 0.2) is 11.5 Å². The lowest BCUT2D eigenvalue weighted by atomic mass is 9.90. The minimum absolute atomic E-state index is 0.110. The molecular formula is C21H29NO2. The summed E-state index contributed by atoms with van der Waals surface area (Å²) in [6.45, 7) is 8.94. The van der Waals surface area contributed by atoms with Crippen molar-refractivity contribution in [3.63, 3.8) is 0 Å². The van der Waals surface area contributed by atoms with Crippen LogP contribution < -0.4 is 15.2 Å². The maximum atomic E-state index is 6.06. The van der Waals surface area contributed by atoms with Gasteiger partial charge in [0.05, 0.1) is 13.2 Å². The van der Waals surface area contributed by atoms with Crippen LogP contribution in [0.2, 0.25) is 0 Å². The lowest BCUT2D eigenvalue weighted by Gasteiger charge is -2.19. The molecule has 0 heterocycles. The van der Waals surface area contributed by atoms with Gasteiger partial charge in [-0.25, -0.2) is 0 Å². The zero-order valence-corrected chi connectivity index (χ0v) is 15.4. The highest BCUT2D eigenvalue weighted by atomic mass is 16.5. The molecule has 2 aromatic rings. The minimum Gasteiger partial charge on any atom is -0.493 e. The van der Waals surface area contributed by atoms with Crippen molar-refractivity contribution in [3.05, 3.63) is 58.7 Å². The normalized spacial score (nSPS) is 12.3. The predicted molar refractivity (Wildman–Crippen MR) is 100 cm³/mol. The number of ether oxygens (including phenoxy) is 2. The number of hydrogen-bond acceptors (Lipinski definition) is 3. The van der Waals surface area contributed by atoms with Crippen molar-refractivity contribution in [2.75, 3.05) is 13.7 Å². The Kier molecular flexibility index (Phi) is 6.27. The third-order valence-corrected chi connectivity index (χ3v) is 4.36. The molecule has 0 bridgehead atoms. The zero-order valence-electron chi connectivity index (χ0n) is 15.4. The molecule has 0 radical (unpaired) electrons. The Morgan fingerprint density at radius 3 is 2.29 bits per heavy atom. The van der Waals surface area contributed by atoms with Crippen LogP contribution in [0.4, 0.5) is 0 Å². The molecule has 3 heteroatoms. The van der Waals surface area contributed by atoms with Gasteiger partial charge in [0.1, 0.15) is 0 Å². The van der Waals surface area contributed by atoms with Gasteiger partial charge in [0.25, 0.3) is 0 Å². The summed E-state index contributed by atoms with van der Waals surface area (Å²) in [5, 5.41) is 0. The van der Waals surface area contributed by atoms with Crippen LogP contribution in [0.25, 0.3) is 0 Å². The van der Waals surface area contributed by atoms with E-state index in [1.165, 1.54) is 22.3 Å². The summed E-state index contributed by atoms with van der Waals surface area (Å²) in [5.41, 5.74) is 11.2. The van der Waals surface area contributed by atoms with E-state index in [1.54, 1.807) is 7.11 Å². The highest BCUT2D eigenvalue weighted by Gasteiger charge is 2.14. The molecule has 0 amide bonds. The Morgan fingerprint density at radius 1 is 0.958 bits per heavy atom. The molecule has 24 heavy (non-hydrogen) atoms. The van der Waals surface area contributed by atoms with Crippen molar-refractivity contribution in [3.8, 4) is 11.5 Å². The maximum Gasteiger partial charge on any atom is 0.161 e. The summed E-state index contributed by atoms with van der Waals surface area (Å²) >= 11 is 0. The van der Waals surface area contributed by atoms with Gasteiger partial charge >= 0.3 is 0 Å². The average molecular weight is 327 g/mol. The molecule has 0 aromatic heterocycles. The maximum absolute atomic E-state index is 6.06. The quantitative estimate of drug-likeness (QED) is 0.820. The van der Waals surface area contributed by atoms with Gasteiger partial charge in [-0.2, -0.15) is 0 Å². The molecule has 0 saturated carbocycles. The minimum atomic E-state index is 0.110. The molecule has 0 aliphatic carbocycles. The number of aryl methyl sites for hydroxylation is 2. The Bertz CT molecular complexity index is 680. The van der Waals surface area contributed by atoms with E-state index in [-0.39, 0.29) is 6.10 Å². The van der Waals surface area contributed by atoms with Gasteiger partial charge in [-0.15, -0.1) is 0 Å². The molecule has 2 aromatic carbocycles. The molecule has 1 unspecified atom stereocenters. The topological polar surface area (TPSA) is 44.5 Å². The fourth-order valence-electron chi connectivity index (χ4n) is 2.83. The summed E-state index contributed by atoms with van der Waals surface area (Å²) in [5.74, 6) is 1.85. The first-order valence-electron chi connectivity index (χ1n) is 8.55. The standard InChI is InChI=1S/C21H29NO2/c1-14(2)24-21-12-17(7-9-20(21)23-5)11-19(13-22)18-8-6-15(3)16(4)10-18/h6-10,12,14,19H,11,13,22H2,1-5H3. The first kappa shape index (κ1) is 18.3. The molecular weight excluding hydrogens is 298 g/mol. The number of rotatable bonds is 7. The molecule has 3 nitrogen and oxygen atoms in total. The predicted octanol–water partition coefficient (Wildman–Crippen LogP) is 4.38.